The molecule has 0 radical (unpaired) electrons. The first-order valence-corrected chi connectivity index (χ1v) is 6.54. The fourth-order valence-electron chi connectivity index (χ4n) is 1.94. The number of nitrogens with zero attached hydrogens (tertiary/aromatic N) is 1. The third-order valence-electron chi connectivity index (χ3n) is 3.05. The van der Waals surface area contributed by atoms with Gasteiger partial charge < -0.3 is 10.2 Å². The molecule has 0 aromatic carbocycles. The number of thiophene rings is 1. The highest BCUT2D eigenvalue weighted by molar-refractivity contribution is 7.12. The summed E-state index contributed by atoms with van der Waals surface area (Å²) < 4.78 is 0. The highest BCUT2D eigenvalue weighted by atomic mass is 32.1. The third kappa shape index (κ3) is 2.83. The lowest BCUT2D eigenvalue weighted by Gasteiger charge is -2.24. The summed E-state index contributed by atoms with van der Waals surface area (Å²) in [7, 11) is 4.17. The second-order valence-electron chi connectivity index (χ2n) is 4.56. The first-order chi connectivity index (χ1) is 7.68. The number of likely N-dealkylation sites (N-methyl/N-ethyl adjacent to an activating group) is 1. The molecule has 0 aliphatic heterocycles. The van der Waals surface area contributed by atoms with Crippen LogP contribution in [0.15, 0.2) is 17.5 Å². The van der Waals surface area contributed by atoms with Crippen LogP contribution in [-0.4, -0.2) is 37.5 Å². The normalized spacial score (nSPS) is 17.4. The number of nitrogens with one attached hydrogen (secondary N) is 1. The number of carbonyl (C=O) groups is 1. The molecule has 1 N–H and O–H groups in total. The van der Waals surface area contributed by atoms with Gasteiger partial charge in [0.15, 0.2) is 0 Å². The molecule has 1 aromatic rings. The summed E-state index contributed by atoms with van der Waals surface area (Å²) in [5.74, 6) is 0.834. The Morgan fingerprint density at radius 3 is 2.88 bits per heavy atom. The van der Waals surface area contributed by atoms with Gasteiger partial charge in [0.25, 0.3) is 5.91 Å². The maximum Gasteiger partial charge on any atom is 0.261 e. The van der Waals surface area contributed by atoms with Crippen molar-refractivity contribution >= 4 is 17.2 Å². The predicted octanol–water partition coefficient (Wildman–Crippen LogP) is 1.82. The van der Waals surface area contributed by atoms with Gasteiger partial charge >= 0.3 is 0 Å². The lowest BCUT2D eigenvalue weighted by Crippen LogP contribution is -2.41. The fraction of sp³-hybridized carbons (Fsp3) is 0.583. The molecule has 4 heteroatoms. The average molecular weight is 238 g/mol. The number of amides is 1. The van der Waals surface area contributed by atoms with Crippen molar-refractivity contribution in [3.63, 3.8) is 0 Å². The second kappa shape index (κ2) is 4.97. The summed E-state index contributed by atoms with van der Waals surface area (Å²) in [5.41, 5.74) is 0. The Balaban J connectivity index is 1.83. The van der Waals surface area contributed by atoms with E-state index in [4.69, 9.17) is 0 Å². The van der Waals surface area contributed by atoms with Gasteiger partial charge in [-0.3, -0.25) is 4.79 Å². The van der Waals surface area contributed by atoms with E-state index >= 15 is 0 Å². The summed E-state index contributed by atoms with van der Waals surface area (Å²) in [6.45, 7) is 0.758. The molecular formula is C12H18N2OS. The zero-order chi connectivity index (χ0) is 11.5. The van der Waals surface area contributed by atoms with Crippen molar-refractivity contribution in [3.8, 4) is 0 Å². The molecule has 16 heavy (non-hydrogen) atoms. The Bertz CT molecular complexity index is 342. The maximum atomic E-state index is 11.8. The van der Waals surface area contributed by atoms with Gasteiger partial charge in [-0.2, -0.15) is 0 Å². The van der Waals surface area contributed by atoms with E-state index < -0.39 is 0 Å². The molecule has 0 spiro atoms. The van der Waals surface area contributed by atoms with Crippen LogP contribution in [0.4, 0.5) is 0 Å². The Morgan fingerprint density at radius 2 is 2.38 bits per heavy atom. The lowest BCUT2D eigenvalue weighted by atomic mass is 10.1. The summed E-state index contributed by atoms with van der Waals surface area (Å²) >= 11 is 1.49. The summed E-state index contributed by atoms with van der Waals surface area (Å²) in [6, 6.07) is 4.26. The van der Waals surface area contributed by atoms with Crippen LogP contribution in [0, 0.1) is 5.92 Å². The molecule has 0 bridgehead atoms. The topological polar surface area (TPSA) is 32.3 Å². The molecule has 1 saturated carbocycles. The van der Waals surface area contributed by atoms with Crippen LogP contribution < -0.4 is 5.32 Å². The van der Waals surface area contributed by atoms with Crippen LogP contribution in [0.3, 0.4) is 0 Å². The van der Waals surface area contributed by atoms with Gasteiger partial charge in [0.2, 0.25) is 0 Å². The second-order valence-corrected chi connectivity index (χ2v) is 5.50. The molecule has 3 nitrogen and oxygen atoms in total. The molecule has 1 aliphatic rings. The van der Waals surface area contributed by atoms with Crippen LogP contribution in [0.1, 0.15) is 22.5 Å². The van der Waals surface area contributed by atoms with Gasteiger partial charge in [-0.05, 0) is 44.3 Å². The zero-order valence-corrected chi connectivity index (χ0v) is 10.6. The molecule has 1 fully saturated rings. The average Bonchev–Trinajstić information content (AvgIpc) is 2.93. The van der Waals surface area contributed by atoms with Crippen LogP contribution in [0.5, 0.6) is 0 Å². The third-order valence-corrected chi connectivity index (χ3v) is 3.91. The summed E-state index contributed by atoms with van der Waals surface area (Å²) in [5, 5.41) is 4.95. The minimum absolute atomic E-state index is 0.0579. The molecule has 1 atom stereocenters. The van der Waals surface area contributed by atoms with Crippen LogP contribution >= 0.6 is 11.3 Å². The SMILES string of the molecule is CN(C)C(CNC(=O)c1cccs1)C1CC1. The molecule has 88 valence electrons. The van der Waals surface area contributed by atoms with E-state index in [1.807, 2.05) is 17.5 Å². The molecule has 2 rings (SSSR count). The molecule has 1 unspecified atom stereocenters. The molecule has 1 heterocycles. The molecule has 1 aromatic heterocycles. The maximum absolute atomic E-state index is 11.8. The van der Waals surface area contributed by atoms with E-state index in [1.165, 1.54) is 24.2 Å². The first-order valence-electron chi connectivity index (χ1n) is 5.66. The quantitative estimate of drug-likeness (QED) is 0.848. The van der Waals surface area contributed by atoms with Gasteiger partial charge in [0.05, 0.1) is 4.88 Å². The van der Waals surface area contributed by atoms with E-state index in [9.17, 15) is 4.79 Å². The first kappa shape index (κ1) is 11.6. The number of carbonyl (C=O) groups excluding carboxylic acids is 1. The van der Waals surface area contributed by atoms with Crippen LogP contribution in [0.2, 0.25) is 0 Å². The summed E-state index contributed by atoms with van der Waals surface area (Å²) in [4.78, 5) is 14.8. The Morgan fingerprint density at radius 1 is 1.62 bits per heavy atom. The van der Waals surface area contributed by atoms with Crippen molar-refractivity contribution in [2.24, 2.45) is 5.92 Å². The van der Waals surface area contributed by atoms with E-state index in [2.05, 4.69) is 24.3 Å². The van der Waals surface area contributed by atoms with Crippen LogP contribution in [0.25, 0.3) is 0 Å². The summed E-state index contributed by atoms with van der Waals surface area (Å²) in [6.07, 6.45) is 2.61. The van der Waals surface area contributed by atoms with E-state index in [-0.39, 0.29) is 5.91 Å². The van der Waals surface area contributed by atoms with Gasteiger partial charge in [-0.15, -0.1) is 11.3 Å². The Hall–Kier alpha value is -0.870. The largest absolute Gasteiger partial charge is 0.350 e. The molecule has 1 aliphatic carbocycles. The Labute approximate surface area is 100 Å². The monoisotopic (exact) mass is 238 g/mol. The Kier molecular flexibility index (Phi) is 3.61. The van der Waals surface area contributed by atoms with E-state index in [0.717, 1.165) is 17.3 Å². The highest BCUT2D eigenvalue weighted by Crippen LogP contribution is 2.34. The van der Waals surface area contributed by atoms with Crippen molar-refractivity contribution in [3.05, 3.63) is 22.4 Å². The van der Waals surface area contributed by atoms with Crippen molar-refractivity contribution in [1.82, 2.24) is 10.2 Å². The highest BCUT2D eigenvalue weighted by Gasteiger charge is 2.32. The minimum atomic E-state index is 0.0579. The standard InChI is InChI=1S/C12H18N2OS/c1-14(2)10(9-5-6-9)8-13-12(15)11-4-3-7-16-11/h3-4,7,9-10H,5-6,8H2,1-2H3,(H,13,15). The molecular weight excluding hydrogens is 220 g/mol. The number of rotatable bonds is 5. The van der Waals surface area contributed by atoms with Crippen molar-refractivity contribution in [1.29, 1.82) is 0 Å². The lowest BCUT2D eigenvalue weighted by molar-refractivity contribution is 0.0943. The smallest absolute Gasteiger partial charge is 0.261 e. The van der Waals surface area contributed by atoms with Crippen molar-refractivity contribution in [2.45, 2.75) is 18.9 Å². The van der Waals surface area contributed by atoms with Crippen molar-refractivity contribution in [2.75, 3.05) is 20.6 Å². The van der Waals surface area contributed by atoms with Crippen LogP contribution in [-0.2, 0) is 0 Å². The van der Waals surface area contributed by atoms with Gasteiger partial charge in [-0.1, -0.05) is 6.07 Å². The van der Waals surface area contributed by atoms with Gasteiger partial charge in [-0.25, -0.2) is 0 Å². The zero-order valence-electron chi connectivity index (χ0n) is 9.77. The van der Waals surface area contributed by atoms with Gasteiger partial charge in [0.1, 0.15) is 0 Å². The van der Waals surface area contributed by atoms with E-state index in [0.29, 0.717) is 6.04 Å². The minimum Gasteiger partial charge on any atom is -0.350 e. The van der Waals surface area contributed by atoms with E-state index in [1.54, 1.807) is 0 Å². The van der Waals surface area contributed by atoms with Gasteiger partial charge in [0, 0.05) is 12.6 Å². The molecule has 0 saturated heterocycles. The van der Waals surface area contributed by atoms with Crippen molar-refractivity contribution < 1.29 is 4.79 Å². The number of hydrogen-bond donors (Lipinski definition) is 1. The predicted molar refractivity (Wildman–Crippen MR) is 66.9 cm³/mol. The molecule has 1 amide bonds. The fourth-order valence-corrected chi connectivity index (χ4v) is 2.58. The number of hydrogen-bond acceptors (Lipinski definition) is 3.